The lowest BCUT2D eigenvalue weighted by molar-refractivity contribution is -0.120. The number of hydrogen-bond donors (Lipinski definition) is 1. The largest absolute Gasteiger partial charge is 0.497 e. The van der Waals surface area contributed by atoms with Gasteiger partial charge in [0.1, 0.15) is 5.75 Å². The molecule has 0 spiro atoms. The molecule has 0 fully saturated rings. The average molecular weight is 219 g/mol. The summed E-state index contributed by atoms with van der Waals surface area (Å²) in [6, 6.07) is 7.83. The van der Waals surface area contributed by atoms with E-state index >= 15 is 0 Å². The van der Waals surface area contributed by atoms with E-state index < -0.39 is 0 Å². The fraction of sp³-hybridized carbons (Fsp3) is 0.308. The van der Waals surface area contributed by atoms with Crippen molar-refractivity contribution in [3.8, 4) is 5.75 Å². The SMILES string of the molecule is C=CCC(=O)NCCc1cccc(OC)c1. The van der Waals surface area contributed by atoms with E-state index in [4.69, 9.17) is 4.74 Å². The number of nitrogens with one attached hydrogen (secondary N) is 1. The van der Waals surface area contributed by atoms with Crippen LogP contribution in [0.25, 0.3) is 0 Å². The van der Waals surface area contributed by atoms with E-state index in [1.54, 1.807) is 13.2 Å². The molecule has 0 saturated carbocycles. The smallest absolute Gasteiger partial charge is 0.223 e. The Morgan fingerprint density at radius 3 is 3.06 bits per heavy atom. The molecule has 0 unspecified atom stereocenters. The van der Waals surface area contributed by atoms with Crippen molar-refractivity contribution in [3.63, 3.8) is 0 Å². The average Bonchev–Trinajstić information content (AvgIpc) is 2.30. The monoisotopic (exact) mass is 219 g/mol. The first-order chi connectivity index (χ1) is 7.76. The molecule has 0 heterocycles. The van der Waals surface area contributed by atoms with Crippen LogP contribution in [0.2, 0.25) is 0 Å². The standard InChI is InChI=1S/C13H17NO2/c1-3-5-13(15)14-9-8-11-6-4-7-12(10-11)16-2/h3-4,6-7,10H,1,5,8-9H2,2H3,(H,14,15). The van der Waals surface area contributed by atoms with Crippen LogP contribution in [0, 0.1) is 0 Å². The predicted molar refractivity (Wildman–Crippen MR) is 64.5 cm³/mol. The van der Waals surface area contributed by atoms with Crippen LogP contribution in [0.15, 0.2) is 36.9 Å². The van der Waals surface area contributed by atoms with Crippen molar-refractivity contribution in [2.75, 3.05) is 13.7 Å². The van der Waals surface area contributed by atoms with Crippen LogP contribution in [0.5, 0.6) is 5.75 Å². The molecule has 0 aliphatic heterocycles. The second kappa shape index (κ2) is 6.67. The quantitative estimate of drug-likeness (QED) is 0.742. The lowest BCUT2D eigenvalue weighted by Gasteiger charge is -2.05. The third-order valence-electron chi connectivity index (χ3n) is 2.20. The number of carbonyl (C=O) groups excluding carboxylic acids is 1. The first kappa shape index (κ1) is 12.3. The molecular weight excluding hydrogens is 202 g/mol. The van der Waals surface area contributed by atoms with Crippen LogP contribution in [0.1, 0.15) is 12.0 Å². The van der Waals surface area contributed by atoms with Gasteiger partial charge in [-0.2, -0.15) is 0 Å². The highest BCUT2D eigenvalue weighted by Crippen LogP contribution is 2.12. The van der Waals surface area contributed by atoms with Gasteiger partial charge >= 0.3 is 0 Å². The number of amides is 1. The van der Waals surface area contributed by atoms with E-state index in [1.807, 2.05) is 24.3 Å². The van der Waals surface area contributed by atoms with Gasteiger partial charge in [0, 0.05) is 13.0 Å². The van der Waals surface area contributed by atoms with Crippen molar-refractivity contribution in [2.24, 2.45) is 0 Å². The molecule has 1 rings (SSSR count). The summed E-state index contributed by atoms with van der Waals surface area (Å²) in [5.74, 6) is 0.854. The molecule has 0 aromatic heterocycles. The highest BCUT2D eigenvalue weighted by atomic mass is 16.5. The minimum atomic E-state index is 0.0119. The van der Waals surface area contributed by atoms with Crippen molar-refractivity contribution in [1.82, 2.24) is 5.32 Å². The summed E-state index contributed by atoms with van der Waals surface area (Å²) in [6.45, 7) is 4.15. The van der Waals surface area contributed by atoms with Crippen molar-refractivity contribution < 1.29 is 9.53 Å². The van der Waals surface area contributed by atoms with Gasteiger partial charge in [0.25, 0.3) is 0 Å². The van der Waals surface area contributed by atoms with Crippen LogP contribution in [-0.2, 0) is 11.2 Å². The van der Waals surface area contributed by atoms with E-state index in [2.05, 4.69) is 11.9 Å². The predicted octanol–water partition coefficient (Wildman–Crippen LogP) is 1.93. The van der Waals surface area contributed by atoms with E-state index in [1.165, 1.54) is 0 Å². The number of methoxy groups -OCH3 is 1. The molecular formula is C13H17NO2. The van der Waals surface area contributed by atoms with E-state index in [0.717, 1.165) is 17.7 Å². The van der Waals surface area contributed by atoms with Crippen molar-refractivity contribution in [1.29, 1.82) is 0 Å². The molecule has 3 heteroatoms. The lowest BCUT2D eigenvalue weighted by atomic mass is 10.1. The zero-order chi connectivity index (χ0) is 11.8. The molecule has 1 aromatic carbocycles. The highest BCUT2D eigenvalue weighted by Gasteiger charge is 1.98. The Morgan fingerprint density at radius 2 is 2.38 bits per heavy atom. The van der Waals surface area contributed by atoms with Gasteiger partial charge in [-0.15, -0.1) is 6.58 Å². The van der Waals surface area contributed by atoms with E-state index in [0.29, 0.717) is 13.0 Å². The van der Waals surface area contributed by atoms with Crippen molar-refractivity contribution in [3.05, 3.63) is 42.5 Å². The van der Waals surface area contributed by atoms with Gasteiger partial charge < -0.3 is 10.1 Å². The summed E-state index contributed by atoms with van der Waals surface area (Å²) >= 11 is 0. The molecule has 0 aliphatic carbocycles. The maximum Gasteiger partial charge on any atom is 0.223 e. The minimum Gasteiger partial charge on any atom is -0.497 e. The highest BCUT2D eigenvalue weighted by molar-refractivity contribution is 5.77. The summed E-state index contributed by atoms with van der Waals surface area (Å²) in [5, 5.41) is 2.82. The van der Waals surface area contributed by atoms with Gasteiger partial charge in [0.15, 0.2) is 0 Å². The third-order valence-corrected chi connectivity index (χ3v) is 2.20. The maximum absolute atomic E-state index is 11.1. The molecule has 86 valence electrons. The van der Waals surface area contributed by atoms with Crippen LogP contribution >= 0.6 is 0 Å². The summed E-state index contributed by atoms with van der Waals surface area (Å²) in [5.41, 5.74) is 1.15. The Labute approximate surface area is 96.1 Å². The number of carbonyl (C=O) groups is 1. The van der Waals surface area contributed by atoms with Crippen molar-refractivity contribution in [2.45, 2.75) is 12.8 Å². The Kier molecular flexibility index (Phi) is 5.12. The molecule has 0 aliphatic rings. The summed E-state index contributed by atoms with van der Waals surface area (Å²) in [4.78, 5) is 11.1. The van der Waals surface area contributed by atoms with E-state index in [9.17, 15) is 4.79 Å². The molecule has 1 aromatic rings. The summed E-state index contributed by atoms with van der Waals surface area (Å²) in [6.07, 6.45) is 2.78. The zero-order valence-electron chi connectivity index (χ0n) is 9.53. The summed E-state index contributed by atoms with van der Waals surface area (Å²) < 4.78 is 5.12. The molecule has 3 nitrogen and oxygen atoms in total. The normalized spacial score (nSPS) is 9.56. The maximum atomic E-state index is 11.1. The third kappa shape index (κ3) is 4.17. The number of hydrogen-bond acceptors (Lipinski definition) is 2. The van der Waals surface area contributed by atoms with Gasteiger partial charge in [-0.25, -0.2) is 0 Å². The number of rotatable bonds is 6. The molecule has 0 saturated heterocycles. The molecule has 0 radical (unpaired) electrons. The Hall–Kier alpha value is -1.77. The van der Waals surface area contributed by atoms with Crippen LogP contribution < -0.4 is 10.1 Å². The van der Waals surface area contributed by atoms with Gasteiger partial charge in [-0.3, -0.25) is 4.79 Å². The van der Waals surface area contributed by atoms with Gasteiger partial charge in [-0.1, -0.05) is 18.2 Å². The molecule has 16 heavy (non-hydrogen) atoms. The van der Waals surface area contributed by atoms with Gasteiger partial charge in [-0.05, 0) is 24.1 Å². The molecule has 1 amide bonds. The van der Waals surface area contributed by atoms with Crippen LogP contribution in [-0.4, -0.2) is 19.6 Å². The van der Waals surface area contributed by atoms with E-state index in [-0.39, 0.29) is 5.91 Å². The fourth-order valence-electron chi connectivity index (χ4n) is 1.38. The Morgan fingerprint density at radius 1 is 1.56 bits per heavy atom. The van der Waals surface area contributed by atoms with Crippen LogP contribution in [0.3, 0.4) is 0 Å². The second-order valence-electron chi connectivity index (χ2n) is 3.44. The molecule has 1 N–H and O–H groups in total. The zero-order valence-corrected chi connectivity index (χ0v) is 9.53. The molecule has 0 bridgehead atoms. The second-order valence-corrected chi connectivity index (χ2v) is 3.44. The Bertz CT molecular complexity index is 361. The van der Waals surface area contributed by atoms with Gasteiger partial charge in [0.05, 0.1) is 7.11 Å². The minimum absolute atomic E-state index is 0.0119. The lowest BCUT2D eigenvalue weighted by Crippen LogP contribution is -2.24. The number of ether oxygens (including phenoxy) is 1. The Balaban J connectivity index is 2.36. The first-order valence-corrected chi connectivity index (χ1v) is 5.27. The number of benzene rings is 1. The first-order valence-electron chi connectivity index (χ1n) is 5.27. The topological polar surface area (TPSA) is 38.3 Å². The molecule has 0 atom stereocenters. The fourth-order valence-corrected chi connectivity index (χ4v) is 1.38. The van der Waals surface area contributed by atoms with Crippen molar-refractivity contribution >= 4 is 5.91 Å². The van der Waals surface area contributed by atoms with Gasteiger partial charge in [0.2, 0.25) is 5.91 Å². The summed E-state index contributed by atoms with van der Waals surface area (Å²) in [7, 11) is 1.64. The van der Waals surface area contributed by atoms with Crippen LogP contribution in [0.4, 0.5) is 0 Å².